The van der Waals surface area contributed by atoms with Crippen molar-refractivity contribution in [3.63, 3.8) is 0 Å². The molecule has 0 spiro atoms. The summed E-state index contributed by atoms with van der Waals surface area (Å²) in [4.78, 5) is 10.5. The maximum Gasteiger partial charge on any atom is 0.225 e. The molecule has 0 fully saturated rings. The van der Waals surface area contributed by atoms with Crippen molar-refractivity contribution >= 4 is 11.7 Å². The lowest BCUT2D eigenvalue weighted by molar-refractivity contribution is -0.116. The van der Waals surface area contributed by atoms with Crippen molar-refractivity contribution in [2.45, 2.75) is 26.7 Å². The largest absolute Gasteiger partial charge is 0.479 e. The molecule has 0 amide bonds. The zero-order chi connectivity index (χ0) is 8.69. The molecule has 0 aliphatic rings. The van der Waals surface area contributed by atoms with Gasteiger partial charge in [0.2, 0.25) is 5.90 Å². The first-order valence-electron chi connectivity index (χ1n) is 3.53. The Bertz CT molecular complexity index is 154. The molecule has 4 nitrogen and oxygen atoms in total. The van der Waals surface area contributed by atoms with E-state index in [1.807, 2.05) is 0 Å². The minimum Gasteiger partial charge on any atom is -0.479 e. The van der Waals surface area contributed by atoms with Crippen molar-refractivity contribution < 1.29 is 14.7 Å². The quantitative estimate of drug-likeness (QED) is 0.290. The fourth-order valence-corrected chi connectivity index (χ4v) is 0.601. The molecule has 0 aromatic rings. The number of ether oxygens (including phenoxy) is 1. The maximum atomic E-state index is 10.5. The topological polar surface area (TPSA) is 58.9 Å². The maximum absolute atomic E-state index is 10.5. The molecule has 0 aromatic heterocycles. The van der Waals surface area contributed by atoms with Crippen LogP contribution in [0.1, 0.15) is 26.7 Å². The third-order valence-electron chi connectivity index (χ3n) is 1.11. The van der Waals surface area contributed by atoms with E-state index in [0.717, 1.165) is 0 Å². The Kier molecular flexibility index (Phi) is 5.15. The van der Waals surface area contributed by atoms with Crippen molar-refractivity contribution in [2.75, 3.05) is 6.61 Å². The number of Topliss-reactive ketones (excluding diaryl/α,β-unsaturated/α-hetero) is 1. The number of ketones is 1. The molecule has 0 unspecified atom stereocenters. The van der Waals surface area contributed by atoms with E-state index in [9.17, 15) is 4.79 Å². The lowest BCUT2D eigenvalue weighted by Crippen LogP contribution is -2.06. The van der Waals surface area contributed by atoms with E-state index < -0.39 is 0 Å². The predicted molar refractivity (Wildman–Crippen MR) is 40.8 cm³/mol. The lowest BCUT2D eigenvalue weighted by Gasteiger charge is -2.02. The Balaban J connectivity index is 3.62. The molecule has 0 saturated heterocycles. The number of rotatable bonds is 4. The summed E-state index contributed by atoms with van der Waals surface area (Å²) in [5.74, 6) is 0.286. The highest BCUT2D eigenvalue weighted by atomic mass is 16.5. The standard InChI is InChI=1S/C7H13NO3/c1-3-11-7(8-10)5-4-6(2)9/h10H,3-5H2,1-2H3. The van der Waals surface area contributed by atoms with E-state index in [4.69, 9.17) is 9.94 Å². The van der Waals surface area contributed by atoms with Gasteiger partial charge in [-0.05, 0) is 13.8 Å². The number of hydrogen-bond donors (Lipinski definition) is 1. The summed E-state index contributed by atoms with van der Waals surface area (Å²) in [6, 6.07) is 0. The van der Waals surface area contributed by atoms with Crippen LogP contribution in [0, 0.1) is 0 Å². The smallest absolute Gasteiger partial charge is 0.225 e. The molecular formula is C7H13NO3. The Morgan fingerprint density at radius 1 is 1.55 bits per heavy atom. The zero-order valence-electron chi connectivity index (χ0n) is 6.83. The second-order valence-electron chi connectivity index (χ2n) is 2.13. The van der Waals surface area contributed by atoms with Crippen LogP contribution in [0.2, 0.25) is 0 Å². The molecule has 0 atom stereocenters. The number of carbonyl (C=O) groups excluding carboxylic acids is 1. The van der Waals surface area contributed by atoms with E-state index in [1.54, 1.807) is 6.92 Å². The predicted octanol–water partition coefficient (Wildman–Crippen LogP) is 1.18. The van der Waals surface area contributed by atoms with Crippen LogP contribution in [-0.2, 0) is 9.53 Å². The van der Waals surface area contributed by atoms with Crippen LogP contribution in [0.15, 0.2) is 5.16 Å². The number of hydrogen-bond acceptors (Lipinski definition) is 4. The summed E-state index contributed by atoms with van der Waals surface area (Å²) >= 11 is 0. The average molecular weight is 159 g/mol. The fourth-order valence-electron chi connectivity index (χ4n) is 0.601. The van der Waals surface area contributed by atoms with Crippen molar-refractivity contribution in [1.82, 2.24) is 0 Å². The van der Waals surface area contributed by atoms with Gasteiger partial charge in [-0.25, -0.2) is 0 Å². The summed E-state index contributed by atoms with van der Waals surface area (Å²) in [7, 11) is 0. The molecule has 0 aliphatic heterocycles. The summed E-state index contributed by atoms with van der Waals surface area (Å²) < 4.78 is 4.89. The number of nitrogens with zero attached hydrogens (tertiary/aromatic N) is 1. The molecule has 0 radical (unpaired) electrons. The van der Waals surface area contributed by atoms with Crippen molar-refractivity contribution in [1.29, 1.82) is 0 Å². The van der Waals surface area contributed by atoms with Crippen LogP contribution in [0.3, 0.4) is 0 Å². The third-order valence-corrected chi connectivity index (χ3v) is 1.11. The third kappa shape index (κ3) is 5.39. The van der Waals surface area contributed by atoms with Crippen LogP contribution in [-0.4, -0.2) is 23.5 Å². The lowest BCUT2D eigenvalue weighted by atomic mass is 10.2. The Morgan fingerprint density at radius 3 is 2.55 bits per heavy atom. The van der Waals surface area contributed by atoms with Gasteiger partial charge in [0.05, 0.1) is 6.61 Å². The van der Waals surface area contributed by atoms with Gasteiger partial charge >= 0.3 is 0 Å². The van der Waals surface area contributed by atoms with Crippen LogP contribution in [0.4, 0.5) is 0 Å². The van der Waals surface area contributed by atoms with Crippen molar-refractivity contribution in [3.05, 3.63) is 0 Å². The summed E-state index contributed by atoms with van der Waals surface area (Å²) in [5.41, 5.74) is 0. The SMILES string of the molecule is CCOC(CCC(C)=O)=NO. The van der Waals surface area contributed by atoms with Gasteiger partial charge in [-0.1, -0.05) is 5.16 Å². The van der Waals surface area contributed by atoms with E-state index in [0.29, 0.717) is 19.4 Å². The minimum absolute atomic E-state index is 0.0610. The van der Waals surface area contributed by atoms with Crippen molar-refractivity contribution in [2.24, 2.45) is 5.16 Å². The van der Waals surface area contributed by atoms with Crippen LogP contribution < -0.4 is 0 Å². The molecule has 11 heavy (non-hydrogen) atoms. The van der Waals surface area contributed by atoms with Crippen LogP contribution in [0.5, 0.6) is 0 Å². The molecule has 1 N–H and O–H groups in total. The van der Waals surface area contributed by atoms with Gasteiger partial charge in [0.1, 0.15) is 5.78 Å². The molecule has 0 aliphatic carbocycles. The Morgan fingerprint density at radius 2 is 2.18 bits per heavy atom. The Labute approximate surface area is 65.8 Å². The number of oxime groups is 1. The first-order chi connectivity index (χ1) is 5.20. The van der Waals surface area contributed by atoms with Crippen LogP contribution >= 0.6 is 0 Å². The van der Waals surface area contributed by atoms with Gasteiger partial charge in [-0.15, -0.1) is 0 Å². The summed E-state index contributed by atoms with van der Waals surface area (Å²) in [5, 5.41) is 11.2. The van der Waals surface area contributed by atoms with E-state index >= 15 is 0 Å². The monoisotopic (exact) mass is 159 g/mol. The molecule has 0 saturated carbocycles. The van der Waals surface area contributed by atoms with E-state index in [-0.39, 0.29) is 11.7 Å². The first-order valence-corrected chi connectivity index (χ1v) is 3.53. The van der Waals surface area contributed by atoms with Gasteiger partial charge < -0.3 is 14.7 Å². The molecule has 4 heteroatoms. The van der Waals surface area contributed by atoms with Gasteiger partial charge in [-0.3, -0.25) is 0 Å². The highest BCUT2D eigenvalue weighted by Crippen LogP contribution is 1.95. The fraction of sp³-hybridized carbons (Fsp3) is 0.714. The highest BCUT2D eigenvalue weighted by Gasteiger charge is 2.01. The number of carbonyl (C=O) groups is 1. The first kappa shape index (κ1) is 9.94. The summed E-state index contributed by atoms with van der Waals surface area (Å²) in [6.45, 7) is 3.73. The van der Waals surface area contributed by atoms with Gasteiger partial charge in [-0.2, -0.15) is 0 Å². The minimum atomic E-state index is 0.0610. The molecule has 0 bridgehead atoms. The second kappa shape index (κ2) is 5.70. The molecule has 0 heterocycles. The second-order valence-corrected chi connectivity index (χ2v) is 2.13. The highest BCUT2D eigenvalue weighted by molar-refractivity contribution is 5.83. The van der Waals surface area contributed by atoms with Crippen molar-refractivity contribution in [3.8, 4) is 0 Å². The molecule has 64 valence electrons. The van der Waals surface area contributed by atoms with Gasteiger partial charge in [0.15, 0.2) is 0 Å². The van der Waals surface area contributed by atoms with E-state index in [2.05, 4.69) is 5.16 Å². The van der Waals surface area contributed by atoms with Gasteiger partial charge in [0.25, 0.3) is 0 Å². The van der Waals surface area contributed by atoms with E-state index in [1.165, 1.54) is 6.92 Å². The Hall–Kier alpha value is -1.06. The average Bonchev–Trinajstić information content (AvgIpc) is 1.97. The van der Waals surface area contributed by atoms with Crippen LogP contribution in [0.25, 0.3) is 0 Å². The van der Waals surface area contributed by atoms with Gasteiger partial charge in [0, 0.05) is 12.8 Å². The molecule has 0 rings (SSSR count). The normalized spacial score (nSPS) is 11.3. The molecule has 0 aromatic carbocycles. The summed E-state index contributed by atoms with van der Waals surface area (Å²) in [6.07, 6.45) is 0.735. The zero-order valence-corrected chi connectivity index (χ0v) is 6.83. The molecular weight excluding hydrogens is 146 g/mol.